The van der Waals surface area contributed by atoms with Crippen LogP contribution in [-0.4, -0.2) is 27.4 Å². The van der Waals surface area contributed by atoms with Gasteiger partial charge in [0.2, 0.25) is 0 Å². The van der Waals surface area contributed by atoms with Crippen LogP contribution in [0.25, 0.3) is 0 Å². The van der Waals surface area contributed by atoms with E-state index in [0.717, 1.165) is 0 Å². The van der Waals surface area contributed by atoms with E-state index in [1.54, 1.807) is 0 Å². The summed E-state index contributed by atoms with van der Waals surface area (Å²) in [6.45, 7) is 0.0890. The van der Waals surface area contributed by atoms with Gasteiger partial charge < -0.3 is 10.8 Å². The molecule has 6 heteroatoms. The molecule has 0 radical (unpaired) electrons. The highest BCUT2D eigenvalue weighted by molar-refractivity contribution is 7.99. The smallest absolute Gasteiger partial charge is 0.156 e. The van der Waals surface area contributed by atoms with Crippen LogP contribution in [0, 0.1) is 0 Å². The fourth-order valence-corrected chi connectivity index (χ4v) is 1.46. The monoisotopic (exact) mass is 205 g/mol. The molecule has 1 aromatic heterocycles. The summed E-state index contributed by atoms with van der Waals surface area (Å²) < 4.78 is 0. The van der Waals surface area contributed by atoms with Crippen LogP contribution in [-0.2, 0) is 0 Å². The molecule has 1 aromatic rings. The van der Waals surface area contributed by atoms with Gasteiger partial charge in [0.15, 0.2) is 5.15 Å². The minimum atomic E-state index is 0.0890. The molecule has 0 aliphatic carbocycles. The van der Waals surface area contributed by atoms with E-state index in [-0.39, 0.29) is 11.8 Å². The maximum atomic E-state index is 8.55. The van der Waals surface area contributed by atoms with Crippen LogP contribution in [0.15, 0.2) is 11.4 Å². The van der Waals surface area contributed by atoms with E-state index in [1.165, 1.54) is 18.1 Å². The van der Waals surface area contributed by atoms with Crippen molar-refractivity contribution in [2.75, 3.05) is 18.1 Å². The first-order valence-electron chi connectivity index (χ1n) is 3.25. The van der Waals surface area contributed by atoms with E-state index in [1.807, 2.05) is 0 Å². The summed E-state index contributed by atoms with van der Waals surface area (Å²) in [7, 11) is 0. The van der Waals surface area contributed by atoms with Crippen molar-refractivity contribution < 1.29 is 5.11 Å². The highest BCUT2D eigenvalue weighted by Crippen LogP contribution is 2.26. The molecule has 0 aromatic carbocycles. The number of rotatable bonds is 3. The first-order chi connectivity index (χ1) is 5.75. The topological polar surface area (TPSA) is 72.0 Å². The van der Waals surface area contributed by atoms with Crippen molar-refractivity contribution in [2.24, 2.45) is 0 Å². The van der Waals surface area contributed by atoms with Crippen molar-refractivity contribution in [2.45, 2.75) is 5.03 Å². The second-order valence-electron chi connectivity index (χ2n) is 1.96. The van der Waals surface area contributed by atoms with Gasteiger partial charge in [0.05, 0.1) is 6.61 Å². The molecule has 0 spiro atoms. The Kier molecular flexibility index (Phi) is 3.58. The normalized spacial score (nSPS) is 10.2. The molecule has 0 amide bonds. The maximum absolute atomic E-state index is 8.55. The number of nitrogen functional groups attached to an aromatic ring is 1. The fraction of sp³-hybridized carbons (Fsp3) is 0.333. The van der Waals surface area contributed by atoms with E-state index in [0.29, 0.717) is 16.5 Å². The molecule has 0 fully saturated rings. The minimum absolute atomic E-state index is 0.0890. The molecule has 3 N–H and O–H groups in total. The van der Waals surface area contributed by atoms with Gasteiger partial charge >= 0.3 is 0 Å². The first-order valence-corrected chi connectivity index (χ1v) is 4.61. The molecule has 0 saturated heterocycles. The molecular weight excluding hydrogens is 198 g/mol. The first kappa shape index (κ1) is 9.57. The van der Waals surface area contributed by atoms with E-state index in [2.05, 4.69) is 9.97 Å². The van der Waals surface area contributed by atoms with E-state index in [9.17, 15) is 0 Å². The van der Waals surface area contributed by atoms with Gasteiger partial charge in [-0.2, -0.15) is 0 Å². The van der Waals surface area contributed by atoms with Crippen LogP contribution in [0.5, 0.6) is 0 Å². The Hall–Kier alpha value is -0.520. The van der Waals surface area contributed by atoms with Gasteiger partial charge in [-0.1, -0.05) is 11.6 Å². The quantitative estimate of drug-likeness (QED) is 0.564. The molecule has 1 rings (SSSR count). The Morgan fingerprint density at radius 3 is 3.00 bits per heavy atom. The van der Waals surface area contributed by atoms with Crippen molar-refractivity contribution in [3.63, 3.8) is 0 Å². The number of anilines is 1. The summed E-state index contributed by atoms with van der Waals surface area (Å²) in [5.41, 5.74) is 5.94. The number of hydrogen-bond donors (Lipinski definition) is 2. The molecule has 12 heavy (non-hydrogen) atoms. The van der Waals surface area contributed by atoms with Crippen LogP contribution < -0.4 is 5.73 Å². The number of thioether (sulfide) groups is 1. The number of aromatic nitrogens is 2. The highest BCUT2D eigenvalue weighted by atomic mass is 35.5. The Balaban J connectivity index is 2.78. The Morgan fingerprint density at radius 1 is 1.58 bits per heavy atom. The third kappa shape index (κ3) is 2.23. The lowest BCUT2D eigenvalue weighted by Crippen LogP contribution is -1.96. The number of aliphatic hydroxyl groups excluding tert-OH is 1. The van der Waals surface area contributed by atoms with Crippen LogP contribution in [0.2, 0.25) is 5.15 Å². The molecule has 0 atom stereocenters. The average molecular weight is 206 g/mol. The highest BCUT2D eigenvalue weighted by Gasteiger charge is 2.05. The molecular formula is C6H8ClN3OS. The molecule has 0 aliphatic heterocycles. The van der Waals surface area contributed by atoms with Crippen LogP contribution in [0.1, 0.15) is 0 Å². The lowest BCUT2D eigenvalue weighted by molar-refractivity contribution is 0.322. The Labute approximate surface area is 79.2 Å². The van der Waals surface area contributed by atoms with Gasteiger partial charge in [-0.3, -0.25) is 0 Å². The zero-order valence-electron chi connectivity index (χ0n) is 6.20. The largest absolute Gasteiger partial charge is 0.396 e. The number of hydrogen-bond acceptors (Lipinski definition) is 5. The van der Waals surface area contributed by atoms with Crippen molar-refractivity contribution in [3.05, 3.63) is 11.5 Å². The van der Waals surface area contributed by atoms with Crippen LogP contribution >= 0.6 is 23.4 Å². The summed E-state index contributed by atoms with van der Waals surface area (Å²) in [5, 5.41) is 9.42. The fourth-order valence-electron chi connectivity index (χ4n) is 0.617. The zero-order chi connectivity index (χ0) is 8.97. The van der Waals surface area contributed by atoms with E-state index in [4.69, 9.17) is 22.4 Å². The van der Waals surface area contributed by atoms with Gasteiger partial charge in [-0.05, 0) is 0 Å². The van der Waals surface area contributed by atoms with Crippen molar-refractivity contribution in [1.82, 2.24) is 9.97 Å². The molecule has 4 nitrogen and oxygen atoms in total. The Bertz CT molecular complexity index is 271. The number of halogens is 1. The summed E-state index contributed by atoms with van der Waals surface area (Å²) in [5.74, 6) is 0.553. The van der Waals surface area contributed by atoms with Gasteiger partial charge in [0.25, 0.3) is 0 Å². The number of aliphatic hydroxyl groups is 1. The summed E-state index contributed by atoms with van der Waals surface area (Å²) in [4.78, 5) is 7.61. The predicted octanol–water partition coefficient (Wildman–Crippen LogP) is 0.797. The third-order valence-corrected chi connectivity index (χ3v) is 2.42. The van der Waals surface area contributed by atoms with Crippen molar-refractivity contribution in [3.8, 4) is 0 Å². The molecule has 0 bridgehead atoms. The maximum Gasteiger partial charge on any atom is 0.156 e. The standard InChI is InChI=1S/C6H8ClN3OS/c7-5-4(8)6(10-3-9-5)12-2-1-11/h3,11H,1-2,8H2. The number of nitrogens with two attached hydrogens (primary N) is 1. The zero-order valence-corrected chi connectivity index (χ0v) is 7.77. The van der Waals surface area contributed by atoms with Crippen molar-refractivity contribution in [1.29, 1.82) is 0 Å². The van der Waals surface area contributed by atoms with Gasteiger partial charge in [-0.25, -0.2) is 9.97 Å². The van der Waals surface area contributed by atoms with Crippen molar-refractivity contribution >= 4 is 29.1 Å². The molecule has 0 unspecified atom stereocenters. The lowest BCUT2D eigenvalue weighted by atomic mass is 10.6. The molecule has 0 aliphatic rings. The average Bonchev–Trinajstić information content (AvgIpc) is 2.08. The second-order valence-corrected chi connectivity index (χ2v) is 3.40. The summed E-state index contributed by atoms with van der Waals surface area (Å²) in [6.07, 6.45) is 1.35. The van der Waals surface area contributed by atoms with E-state index >= 15 is 0 Å². The number of nitrogens with zero attached hydrogens (tertiary/aromatic N) is 2. The third-order valence-electron chi connectivity index (χ3n) is 1.13. The summed E-state index contributed by atoms with van der Waals surface area (Å²) in [6, 6.07) is 0. The van der Waals surface area contributed by atoms with Crippen LogP contribution in [0.3, 0.4) is 0 Å². The van der Waals surface area contributed by atoms with E-state index < -0.39 is 0 Å². The van der Waals surface area contributed by atoms with Gasteiger partial charge in [0.1, 0.15) is 17.0 Å². The van der Waals surface area contributed by atoms with Crippen LogP contribution in [0.4, 0.5) is 5.69 Å². The minimum Gasteiger partial charge on any atom is -0.396 e. The second kappa shape index (κ2) is 4.49. The van der Waals surface area contributed by atoms with Gasteiger partial charge in [-0.15, -0.1) is 11.8 Å². The predicted molar refractivity (Wildman–Crippen MR) is 49.3 cm³/mol. The molecule has 0 saturated carbocycles. The SMILES string of the molecule is Nc1c(Cl)ncnc1SCCO. The summed E-state index contributed by atoms with van der Waals surface area (Å²) >= 11 is 6.99. The Morgan fingerprint density at radius 2 is 2.33 bits per heavy atom. The van der Waals surface area contributed by atoms with Gasteiger partial charge in [0, 0.05) is 5.75 Å². The lowest BCUT2D eigenvalue weighted by Gasteiger charge is -2.02. The molecule has 66 valence electrons. The molecule has 1 heterocycles.